The van der Waals surface area contributed by atoms with E-state index in [4.69, 9.17) is 5.11 Å². The Balaban J connectivity index is 3.47. The molecule has 0 aliphatic heterocycles. The van der Waals surface area contributed by atoms with Gasteiger partial charge in [0.2, 0.25) is 0 Å². The lowest BCUT2D eigenvalue weighted by Crippen LogP contribution is -2.27. The topological polar surface area (TPSA) is 40.5 Å². The summed E-state index contributed by atoms with van der Waals surface area (Å²) in [5, 5.41) is 8.62. The molecule has 1 unspecified atom stereocenters. The summed E-state index contributed by atoms with van der Waals surface area (Å²) >= 11 is 0. The van der Waals surface area contributed by atoms with Crippen LogP contribution in [0.1, 0.15) is 135 Å². The fraction of sp³-hybridized carbons (Fsp3) is 0.960. The summed E-state index contributed by atoms with van der Waals surface area (Å²) in [6, 6.07) is 0.764. The van der Waals surface area contributed by atoms with Crippen LogP contribution in [0.15, 0.2) is 0 Å². The van der Waals surface area contributed by atoms with Crippen molar-refractivity contribution >= 4 is 5.97 Å². The Bertz CT molecular complexity index is 331. The highest BCUT2D eigenvalue weighted by Gasteiger charge is 2.10. The number of hydrogen-bond donors (Lipinski definition) is 1. The number of carbonyl (C=O) groups is 1. The number of hydrogen-bond acceptors (Lipinski definition) is 2. The first kappa shape index (κ1) is 27.4. The molecule has 0 aromatic carbocycles. The van der Waals surface area contributed by atoms with Crippen LogP contribution in [-0.4, -0.2) is 36.1 Å². The minimum atomic E-state index is -0.655. The molecule has 0 aliphatic rings. The third-order valence-electron chi connectivity index (χ3n) is 6.05. The molecule has 1 N–H and O–H groups in total. The molecule has 0 fully saturated rings. The predicted octanol–water partition coefficient (Wildman–Crippen LogP) is 7.82. The normalized spacial score (nSPS) is 12.6. The van der Waals surface area contributed by atoms with Gasteiger partial charge < -0.3 is 10.0 Å². The fourth-order valence-corrected chi connectivity index (χ4v) is 4.07. The van der Waals surface area contributed by atoms with Crippen molar-refractivity contribution in [2.45, 2.75) is 141 Å². The van der Waals surface area contributed by atoms with E-state index in [1.807, 2.05) is 0 Å². The average molecular weight is 398 g/mol. The number of aliphatic carboxylic acids is 1. The van der Waals surface area contributed by atoms with E-state index in [1.54, 1.807) is 0 Å². The van der Waals surface area contributed by atoms with Crippen molar-refractivity contribution in [3.63, 3.8) is 0 Å². The molecule has 0 saturated carbocycles. The molecule has 3 nitrogen and oxygen atoms in total. The molecular formula is C25H51NO2. The monoisotopic (exact) mass is 397 g/mol. The Morgan fingerprint density at radius 1 is 0.643 bits per heavy atom. The Morgan fingerprint density at radius 2 is 1.00 bits per heavy atom. The Kier molecular flexibility index (Phi) is 20.7. The summed E-state index contributed by atoms with van der Waals surface area (Å²) in [5.41, 5.74) is 0. The largest absolute Gasteiger partial charge is 0.481 e. The van der Waals surface area contributed by atoms with Crippen LogP contribution >= 0.6 is 0 Å². The van der Waals surface area contributed by atoms with Crippen molar-refractivity contribution in [2.75, 3.05) is 14.1 Å². The first-order valence-electron chi connectivity index (χ1n) is 12.5. The number of unbranched alkanes of at least 4 members (excludes halogenated alkanes) is 15. The van der Waals surface area contributed by atoms with Crippen molar-refractivity contribution in [1.82, 2.24) is 4.90 Å². The summed E-state index contributed by atoms with van der Waals surface area (Å²) in [7, 11) is 4.49. The van der Waals surface area contributed by atoms with Crippen molar-refractivity contribution in [1.29, 1.82) is 0 Å². The smallest absolute Gasteiger partial charge is 0.303 e. The second kappa shape index (κ2) is 21.1. The van der Waals surface area contributed by atoms with Crippen molar-refractivity contribution in [3.8, 4) is 0 Å². The molecule has 0 heterocycles. The summed E-state index contributed by atoms with van der Waals surface area (Å²) in [4.78, 5) is 12.9. The van der Waals surface area contributed by atoms with E-state index in [9.17, 15) is 4.79 Å². The molecule has 0 aliphatic carbocycles. The minimum absolute atomic E-state index is 0.338. The van der Waals surface area contributed by atoms with Gasteiger partial charge in [0.1, 0.15) is 0 Å². The van der Waals surface area contributed by atoms with Gasteiger partial charge in [-0.3, -0.25) is 4.79 Å². The first-order chi connectivity index (χ1) is 13.6. The van der Waals surface area contributed by atoms with Crippen LogP contribution in [0.4, 0.5) is 0 Å². The molecule has 0 bridgehead atoms. The lowest BCUT2D eigenvalue weighted by atomic mass is 9.99. The van der Waals surface area contributed by atoms with Gasteiger partial charge in [-0.25, -0.2) is 0 Å². The maximum Gasteiger partial charge on any atom is 0.303 e. The molecule has 0 aromatic rings. The third kappa shape index (κ3) is 20.2. The third-order valence-corrected chi connectivity index (χ3v) is 6.05. The Morgan fingerprint density at radius 3 is 1.36 bits per heavy atom. The molecule has 0 radical (unpaired) electrons. The maximum absolute atomic E-state index is 10.5. The van der Waals surface area contributed by atoms with Gasteiger partial charge in [0.15, 0.2) is 0 Å². The van der Waals surface area contributed by atoms with Crippen LogP contribution in [0.2, 0.25) is 0 Å². The zero-order chi connectivity index (χ0) is 20.9. The van der Waals surface area contributed by atoms with Gasteiger partial charge >= 0.3 is 5.97 Å². The molecule has 0 rings (SSSR count). The highest BCUT2D eigenvalue weighted by atomic mass is 16.4. The van der Waals surface area contributed by atoms with E-state index >= 15 is 0 Å². The molecular weight excluding hydrogens is 346 g/mol. The highest BCUT2D eigenvalue weighted by molar-refractivity contribution is 5.66. The van der Waals surface area contributed by atoms with Crippen LogP contribution in [0.5, 0.6) is 0 Å². The lowest BCUT2D eigenvalue weighted by Gasteiger charge is -2.24. The molecule has 168 valence electrons. The fourth-order valence-electron chi connectivity index (χ4n) is 4.07. The standard InChI is InChI=1S/C25H51NO2/c1-4-5-6-7-8-9-12-15-18-21-24(26(2)3)22-19-16-13-10-11-14-17-20-23-25(27)28/h24H,4-23H2,1-3H3,(H,27,28). The zero-order valence-corrected chi connectivity index (χ0v) is 19.5. The van der Waals surface area contributed by atoms with E-state index in [2.05, 4.69) is 25.9 Å². The number of carboxylic acids is 1. The molecule has 3 heteroatoms. The van der Waals surface area contributed by atoms with Gasteiger partial charge in [-0.1, -0.05) is 110 Å². The van der Waals surface area contributed by atoms with E-state index in [1.165, 1.54) is 109 Å². The Hall–Kier alpha value is -0.570. The minimum Gasteiger partial charge on any atom is -0.481 e. The highest BCUT2D eigenvalue weighted by Crippen LogP contribution is 2.17. The number of nitrogens with zero attached hydrogens (tertiary/aromatic N) is 1. The predicted molar refractivity (Wildman–Crippen MR) is 123 cm³/mol. The summed E-state index contributed by atoms with van der Waals surface area (Å²) in [5.74, 6) is -0.655. The van der Waals surface area contributed by atoms with Gasteiger partial charge in [-0.05, 0) is 33.4 Å². The number of carboxylic acid groups (broad SMARTS) is 1. The van der Waals surface area contributed by atoms with Gasteiger partial charge in [-0.2, -0.15) is 0 Å². The van der Waals surface area contributed by atoms with Crippen LogP contribution in [0, 0.1) is 0 Å². The van der Waals surface area contributed by atoms with Gasteiger partial charge in [0.05, 0.1) is 0 Å². The van der Waals surface area contributed by atoms with E-state index in [0.717, 1.165) is 18.9 Å². The number of rotatable bonds is 22. The van der Waals surface area contributed by atoms with Crippen molar-refractivity contribution < 1.29 is 9.90 Å². The Labute approximate surface area is 176 Å². The van der Waals surface area contributed by atoms with Crippen LogP contribution in [0.25, 0.3) is 0 Å². The van der Waals surface area contributed by atoms with Crippen LogP contribution in [-0.2, 0) is 4.79 Å². The van der Waals surface area contributed by atoms with Crippen LogP contribution < -0.4 is 0 Å². The second-order valence-electron chi connectivity index (χ2n) is 9.00. The van der Waals surface area contributed by atoms with Gasteiger partial charge in [0, 0.05) is 12.5 Å². The average Bonchev–Trinajstić information content (AvgIpc) is 2.65. The lowest BCUT2D eigenvalue weighted by molar-refractivity contribution is -0.137. The molecule has 0 aromatic heterocycles. The summed E-state index contributed by atoms with van der Waals surface area (Å²) in [6.07, 6.45) is 25.6. The molecule has 0 spiro atoms. The van der Waals surface area contributed by atoms with E-state index < -0.39 is 5.97 Å². The van der Waals surface area contributed by atoms with E-state index in [-0.39, 0.29) is 0 Å². The second-order valence-corrected chi connectivity index (χ2v) is 9.00. The van der Waals surface area contributed by atoms with Gasteiger partial charge in [0.25, 0.3) is 0 Å². The quantitative estimate of drug-likeness (QED) is 0.189. The summed E-state index contributed by atoms with van der Waals surface area (Å²) < 4.78 is 0. The van der Waals surface area contributed by atoms with E-state index in [0.29, 0.717) is 6.42 Å². The van der Waals surface area contributed by atoms with Crippen LogP contribution in [0.3, 0.4) is 0 Å². The maximum atomic E-state index is 10.5. The molecule has 0 saturated heterocycles. The SMILES string of the molecule is CCCCCCCCCCCC(CCCCCCCCCCC(=O)O)N(C)C. The van der Waals surface area contributed by atoms with Crippen molar-refractivity contribution in [3.05, 3.63) is 0 Å². The molecule has 0 amide bonds. The molecule has 28 heavy (non-hydrogen) atoms. The van der Waals surface area contributed by atoms with Crippen molar-refractivity contribution in [2.24, 2.45) is 0 Å². The summed E-state index contributed by atoms with van der Waals surface area (Å²) in [6.45, 7) is 2.29. The first-order valence-corrected chi connectivity index (χ1v) is 12.5. The molecule has 1 atom stereocenters. The van der Waals surface area contributed by atoms with Gasteiger partial charge in [-0.15, -0.1) is 0 Å². The zero-order valence-electron chi connectivity index (χ0n) is 19.5.